The number of rotatable bonds is 4. The molecule has 1 aromatic heterocycles. The van der Waals surface area contributed by atoms with Crippen LogP contribution < -0.4 is 4.74 Å². The molecular formula is C19H11ClN3O2. The highest BCUT2D eigenvalue weighted by Gasteiger charge is 2.11. The normalized spacial score (nSPS) is 10.8. The summed E-state index contributed by atoms with van der Waals surface area (Å²) in [5.74, 6) is 0.421. The molecule has 0 fully saturated rings. The van der Waals surface area contributed by atoms with Crippen molar-refractivity contribution in [3.05, 3.63) is 71.8 Å². The van der Waals surface area contributed by atoms with Gasteiger partial charge in [-0.3, -0.25) is 0 Å². The zero-order chi connectivity index (χ0) is 17.2. The van der Waals surface area contributed by atoms with E-state index in [9.17, 15) is 4.79 Å². The van der Waals surface area contributed by atoms with Crippen molar-refractivity contribution < 1.29 is 9.53 Å². The van der Waals surface area contributed by atoms with Gasteiger partial charge in [-0.15, -0.1) is 10.2 Å². The third-order valence-corrected chi connectivity index (χ3v) is 4.01. The number of aromatic nitrogens is 3. The number of ether oxygens (including phenoxy) is 1. The average Bonchev–Trinajstić information content (AvgIpc) is 3.06. The van der Waals surface area contributed by atoms with Gasteiger partial charge in [0.1, 0.15) is 16.8 Å². The van der Waals surface area contributed by atoms with Crippen LogP contribution in [0.1, 0.15) is 0 Å². The molecule has 0 amide bonds. The van der Waals surface area contributed by atoms with E-state index < -0.39 is 0 Å². The van der Waals surface area contributed by atoms with E-state index in [-0.39, 0.29) is 0 Å². The van der Waals surface area contributed by atoms with Gasteiger partial charge < -0.3 is 4.74 Å². The van der Waals surface area contributed by atoms with Crippen LogP contribution in [0.25, 0.3) is 27.8 Å². The maximum Gasteiger partial charge on any atom is 0.423 e. The number of nitrogens with zero attached hydrogens (tertiary/aromatic N) is 3. The van der Waals surface area contributed by atoms with Crippen LogP contribution in [0.4, 0.5) is 0 Å². The smallest absolute Gasteiger partial charge is 0.417 e. The predicted octanol–water partition coefficient (Wildman–Crippen LogP) is 4.19. The monoisotopic (exact) mass is 348 g/mol. The van der Waals surface area contributed by atoms with E-state index in [1.807, 2.05) is 42.5 Å². The summed E-state index contributed by atoms with van der Waals surface area (Å²) in [5, 5.41) is 9.53. The Morgan fingerprint density at radius 2 is 1.72 bits per heavy atom. The first-order valence-electron chi connectivity index (χ1n) is 7.51. The van der Waals surface area contributed by atoms with Gasteiger partial charge in [0.25, 0.3) is 0 Å². The van der Waals surface area contributed by atoms with E-state index >= 15 is 0 Å². The molecule has 0 spiro atoms. The summed E-state index contributed by atoms with van der Waals surface area (Å²) < 4.78 is 4.98. The second-order valence-corrected chi connectivity index (χ2v) is 5.79. The van der Waals surface area contributed by atoms with Crippen LogP contribution in [0.15, 0.2) is 66.7 Å². The molecule has 0 aliphatic rings. The Bertz CT molecular complexity index is 1060. The van der Waals surface area contributed by atoms with E-state index in [1.54, 1.807) is 24.3 Å². The van der Waals surface area contributed by atoms with Gasteiger partial charge in [0.15, 0.2) is 0 Å². The summed E-state index contributed by atoms with van der Waals surface area (Å²) in [6, 6.07) is 20.3. The predicted molar refractivity (Wildman–Crippen MR) is 95.6 cm³/mol. The molecule has 0 saturated heterocycles. The summed E-state index contributed by atoms with van der Waals surface area (Å²) in [7, 11) is 0. The minimum Gasteiger partial charge on any atom is -0.417 e. The molecule has 3 aromatic carbocycles. The minimum absolute atomic E-state index is 0.421. The topological polar surface area (TPSA) is 57.0 Å². The molecule has 25 heavy (non-hydrogen) atoms. The standard InChI is InChI=1S/C19H11ClN3O2/c20-14-6-8-17-18(10-14)22-23(21-17)15-7-9-19(25-12-24)16(11-15)13-4-2-1-3-5-13/h1-11H. The Labute approximate surface area is 148 Å². The zero-order valence-corrected chi connectivity index (χ0v) is 13.6. The summed E-state index contributed by atoms with van der Waals surface area (Å²) in [4.78, 5) is 12.2. The zero-order valence-electron chi connectivity index (χ0n) is 12.9. The maximum atomic E-state index is 10.7. The van der Waals surface area contributed by atoms with Gasteiger partial charge in [0.2, 0.25) is 0 Å². The fourth-order valence-electron chi connectivity index (χ4n) is 2.62. The molecule has 5 nitrogen and oxygen atoms in total. The first-order chi connectivity index (χ1) is 12.2. The van der Waals surface area contributed by atoms with Gasteiger partial charge in [-0.05, 0) is 42.0 Å². The molecule has 1 heterocycles. The number of hydrogen-bond donors (Lipinski definition) is 0. The van der Waals surface area contributed by atoms with Crippen LogP contribution in [-0.4, -0.2) is 21.5 Å². The summed E-state index contributed by atoms with van der Waals surface area (Å²) in [6.07, 6.45) is 0. The van der Waals surface area contributed by atoms with Crippen LogP contribution in [0.3, 0.4) is 0 Å². The Kier molecular flexibility index (Phi) is 3.91. The summed E-state index contributed by atoms with van der Waals surface area (Å²) >= 11 is 6.00. The van der Waals surface area contributed by atoms with E-state index in [0.29, 0.717) is 16.3 Å². The lowest BCUT2D eigenvalue weighted by atomic mass is 10.0. The SMILES string of the molecule is O=[C]Oc1ccc(-n2nc3ccc(Cl)cc3n2)cc1-c1ccccc1. The highest BCUT2D eigenvalue weighted by molar-refractivity contribution is 6.31. The molecule has 0 bridgehead atoms. The Balaban J connectivity index is 1.85. The lowest BCUT2D eigenvalue weighted by Gasteiger charge is -2.09. The van der Waals surface area contributed by atoms with Gasteiger partial charge in [-0.25, -0.2) is 4.79 Å². The molecule has 0 saturated carbocycles. The third kappa shape index (κ3) is 2.97. The van der Waals surface area contributed by atoms with E-state index in [0.717, 1.165) is 22.3 Å². The second-order valence-electron chi connectivity index (χ2n) is 5.35. The largest absolute Gasteiger partial charge is 0.423 e. The van der Waals surface area contributed by atoms with Gasteiger partial charge >= 0.3 is 6.47 Å². The van der Waals surface area contributed by atoms with Crippen molar-refractivity contribution in [3.63, 3.8) is 0 Å². The van der Waals surface area contributed by atoms with Crippen molar-refractivity contribution in [2.75, 3.05) is 0 Å². The first kappa shape index (κ1) is 15.4. The van der Waals surface area contributed by atoms with Crippen molar-refractivity contribution >= 4 is 29.1 Å². The number of halogens is 1. The van der Waals surface area contributed by atoms with Gasteiger partial charge in [0.05, 0.1) is 5.69 Å². The molecule has 0 N–H and O–H groups in total. The molecule has 4 rings (SSSR count). The van der Waals surface area contributed by atoms with Gasteiger partial charge in [0, 0.05) is 10.6 Å². The number of fused-ring (bicyclic) bond motifs is 1. The Morgan fingerprint density at radius 1 is 0.920 bits per heavy atom. The molecule has 0 aliphatic heterocycles. The second kappa shape index (κ2) is 6.37. The molecule has 1 radical (unpaired) electrons. The number of carbonyl (C=O) groups excluding carboxylic acids is 1. The Hall–Kier alpha value is -3.18. The van der Waals surface area contributed by atoms with E-state index in [1.165, 1.54) is 11.3 Å². The Morgan fingerprint density at radius 3 is 2.52 bits per heavy atom. The van der Waals surface area contributed by atoms with Crippen molar-refractivity contribution in [1.82, 2.24) is 15.0 Å². The van der Waals surface area contributed by atoms with Crippen LogP contribution >= 0.6 is 11.6 Å². The number of hydrogen-bond acceptors (Lipinski definition) is 4. The fourth-order valence-corrected chi connectivity index (χ4v) is 2.79. The lowest BCUT2D eigenvalue weighted by molar-refractivity contribution is 0.443. The molecule has 0 unspecified atom stereocenters. The maximum absolute atomic E-state index is 10.7. The quantitative estimate of drug-likeness (QED) is 0.555. The molecular weight excluding hydrogens is 338 g/mol. The van der Waals surface area contributed by atoms with Crippen LogP contribution in [0.2, 0.25) is 5.02 Å². The van der Waals surface area contributed by atoms with E-state index in [2.05, 4.69) is 10.2 Å². The highest BCUT2D eigenvalue weighted by atomic mass is 35.5. The fraction of sp³-hybridized carbons (Fsp3) is 0. The third-order valence-electron chi connectivity index (χ3n) is 3.77. The van der Waals surface area contributed by atoms with Crippen molar-refractivity contribution in [2.24, 2.45) is 0 Å². The lowest BCUT2D eigenvalue weighted by Crippen LogP contribution is -2.00. The van der Waals surface area contributed by atoms with Crippen LogP contribution in [-0.2, 0) is 4.79 Å². The highest BCUT2D eigenvalue weighted by Crippen LogP contribution is 2.32. The summed E-state index contributed by atoms with van der Waals surface area (Å²) in [5.41, 5.74) is 3.85. The first-order valence-corrected chi connectivity index (χ1v) is 7.89. The van der Waals surface area contributed by atoms with Crippen LogP contribution in [0.5, 0.6) is 5.75 Å². The molecule has 0 aliphatic carbocycles. The average molecular weight is 349 g/mol. The molecule has 0 atom stereocenters. The van der Waals surface area contributed by atoms with Crippen LogP contribution in [0, 0.1) is 0 Å². The number of benzene rings is 3. The van der Waals surface area contributed by atoms with Gasteiger partial charge in [-0.1, -0.05) is 41.9 Å². The van der Waals surface area contributed by atoms with Crippen molar-refractivity contribution in [3.8, 4) is 22.6 Å². The summed E-state index contributed by atoms with van der Waals surface area (Å²) in [6.45, 7) is 1.48. The van der Waals surface area contributed by atoms with Crippen molar-refractivity contribution in [1.29, 1.82) is 0 Å². The minimum atomic E-state index is 0.421. The molecule has 6 heteroatoms. The van der Waals surface area contributed by atoms with Gasteiger partial charge in [-0.2, -0.15) is 4.80 Å². The van der Waals surface area contributed by atoms with Crippen molar-refractivity contribution in [2.45, 2.75) is 0 Å². The van der Waals surface area contributed by atoms with E-state index in [4.69, 9.17) is 16.3 Å². The molecule has 121 valence electrons. The molecule has 4 aromatic rings.